The lowest BCUT2D eigenvalue weighted by atomic mass is 10.3. The molecule has 3 nitrogen and oxygen atoms in total. The maximum Gasteiger partial charge on any atom is 0.192 e. The summed E-state index contributed by atoms with van der Waals surface area (Å²) in [5, 5.41) is 0.154. The SMILES string of the molecule is CCc1cccc(S(C)(=O)=O)n1. The van der Waals surface area contributed by atoms with E-state index in [1.165, 1.54) is 6.07 Å². The summed E-state index contributed by atoms with van der Waals surface area (Å²) in [5.41, 5.74) is 0.804. The topological polar surface area (TPSA) is 47.0 Å². The molecular formula is C8H11NO2S. The molecule has 1 rings (SSSR count). The molecule has 12 heavy (non-hydrogen) atoms. The van der Waals surface area contributed by atoms with Crippen molar-refractivity contribution < 1.29 is 8.42 Å². The van der Waals surface area contributed by atoms with Crippen LogP contribution in [0.1, 0.15) is 12.6 Å². The van der Waals surface area contributed by atoms with Gasteiger partial charge in [-0.2, -0.15) is 0 Å². The molecule has 1 aromatic heterocycles. The second-order valence-corrected chi connectivity index (χ2v) is 4.56. The van der Waals surface area contributed by atoms with E-state index in [4.69, 9.17) is 0 Å². The van der Waals surface area contributed by atoms with Crippen LogP contribution in [0.15, 0.2) is 23.2 Å². The highest BCUT2D eigenvalue weighted by atomic mass is 32.2. The van der Waals surface area contributed by atoms with Crippen LogP contribution in [0.25, 0.3) is 0 Å². The van der Waals surface area contributed by atoms with Gasteiger partial charge in [0.2, 0.25) is 0 Å². The van der Waals surface area contributed by atoms with Gasteiger partial charge in [-0.3, -0.25) is 0 Å². The Kier molecular flexibility index (Phi) is 2.47. The van der Waals surface area contributed by atoms with E-state index in [9.17, 15) is 8.42 Å². The van der Waals surface area contributed by atoms with E-state index in [0.717, 1.165) is 18.4 Å². The third kappa shape index (κ3) is 2.04. The third-order valence-electron chi connectivity index (χ3n) is 1.52. The van der Waals surface area contributed by atoms with E-state index in [1.807, 2.05) is 13.0 Å². The molecule has 0 saturated heterocycles. The number of aryl methyl sites for hydroxylation is 1. The zero-order valence-corrected chi connectivity index (χ0v) is 7.93. The van der Waals surface area contributed by atoms with Crippen LogP contribution in [0.3, 0.4) is 0 Å². The Labute approximate surface area is 72.4 Å². The highest BCUT2D eigenvalue weighted by Crippen LogP contribution is 2.05. The Morgan fingerprint density at radius 1 is 1.42 bits per heavy atom. The van der Waals surface area contributed by atoms with Crippen molar-refractivity contribution in [2.45, 2.75) is 18.4 Å². The van der Waals surface area contributed by atoms with E-state index in [-0.39, 0.29) is 5.03 Å². The van der Waals surface area contributed by atoms with Crippen molar-refractivity contribution in [3.05, 3.63) is 23.9 Å². The minimum absolute atomic E-state index is 0.154. The van der Waals surface area contributed by atoms with Crippen LogP contribution in [-0.2, 0) is 16.3 Å². The maximum absolute atomic E-state index is 11.0. The standard InChI is InChI=1S/C8H11NO2S/c1-3-7-5-4-6-8(9-7)12(2,10)11/h4-6H,3H2,1-2H3. The molecular weight excluding hydrogens is 174 g/mol. The van der Waals surface area contributed by atoms with E-state index in [0.29, 0.717) is 0 Å². The molecule has 0 saturated carbocycles. The average Bonchev–Trinajstić information content (AvgIpc) is 2.03. The van der Waals surface area contributed by atoms with Crippen LogP contribution in [-0.4, -0.2) is 19.7 Å². The molecule has 66 valence electrons. The molecule has 0 aromatic carbocycles. The zero-order chi connectivity index (χ0) is 9.19. The van der Waals surface area contributed by atoms with Crippen molar-refractivity contribution >= 4 is 9.84 Å². The fraction of sp³-hybridized carbons (Fsp3) is 0.375. The summed E-state index contributed by atoms with van der Waals surface area (Å²) in [5.74, 6) is 0. The Balaban J connectivity index is 3.20. The average molecular weight is 185 g/mol. The highest BCUT2D eigenvalue weighted by molar-refractivity contribution is 7.90. The molecule has 0 atom stereocenters. The molecule has 1 heterocycles. The van der Waals surface area contributed by atoms with Gasteiger partial charge in [-0.25, -0.2) is 13.4 Å². The van der Waals surface area contributed by atoms with Gasteiger partial charge in [-0.1, -0.05) is 13.0 Å². The molecule has 0 aliphatic heterocycles. The number of hydrogen-bond donors (Lipinski definition) is 0. The first kappa shape index (κ1) is 9.19. The van der Waals surface area contributed by atoms with Crippen molar-refractivity contribution in [2.75, 3.05) is 6.26 Å². The van der Waals surface area contributed by atoms with Gasteiger partial charge in [-0.05, 0) is 18.6 Å². The van der Waals surface area contributed by atoms with Crippen LogP contribution in [0.5, 0.6) is 0 Å². The van der Waals surface area contributed by atoms with Crippen LogP contribution in [0.2, 0.25) is 0 Å². The molecule has 4 heteroatoms. The molecule has 0 aliphatic rings. The van der Waals surface area contributed by atoms with Gasteiger partial charge in [0, 0.05) is 11.9 Å². The number of pyridine rings is 1. The number of aromatic nitrogens is 1. The Hall–Kier alpha value is -0.900. The molecule has 0 N–H and O–H groups in total. The fourth-order valence-electron chi connectivity index (χ4n) is 0.861. The second-order valence-electron chi connectivity index (χ2n) is 2.59. The minimum Gasteiger partial charge on any atom is -0.241 e. The van der Waals surface area contributed by atoms with E-state index >= 15 is 0 Å². The van der Waals surface area contributed by atoms with Crippen molar-refractivity contribution in [3.8, 4) is 0 Å². The summed E-state index contributed by atoms with van der Waals surface area (Å²) in [6, 6.07) is 5.03. The van der Waals surface area contributed by atoms with Gasteiger partial charge in [0.1, 0.15) is 0 Å². The lowest BCUT2D eigenvalue weighted by Crippen LogP contribution is -2.01. The lowest BCUT2D eigenvalue weighted by molar-refractivity contribution is 0.597. The summed E-state index contributed by atoms with van der Waals surface area (Å²) in [4.78, 5) is 3.97. The molecule has 0 radical (unpaired) electrons. The monoisotopic (exact) mass is 185 g/mol. The van der Waals surface area contributed by atoms with Crippen molar-refractivity contribution in [1.29, 1.82) is 0 Å². The first-order valence-electron chi connectivity index (χ1n) is 3.70. The van der Waals surface area contributed by atoms with E-state index in [1.54, 1.807) is 6.07 Å². The number of rotatable bonds is 2. The lowest BCUT2D eigenvalue weighted by Gasteiger charge is -1.99. The molecule has 0 spiro atoms. The first-order chi connectivity index (χ1) is 5.54. The number of nitrogens with zero attached hydrogens (tertiary/aromatic N) is 1. The summed E-state index contributed by atoms with van der Waals surface area (Å²) >= 11 is 0. The zero-order valence-electron chi connectivity index (χ0n) is 7.11. The summed E-state index contributed by atoms with van der Waals surface area (Å²) < 4.78 is 22.1. The van der Waals surface area contributed by atoms with Crippen LogP contribution < -0.4 is 0 Å². The molecule has 0 fully saturated rings. The van der Waals surface area contributed by atoms with Crippen LogP contribution >= 0.6 is 0 Å². The van der Waals surface area contributed by atoms with Crippen molar-refractivity contribution in [1.82, 2.24) is 4.98 Å². The Morgan fingerprint density at radius 3 is 2.58 bits per heavy atom. The minimum atomic E-state index is -3.15. The van der Waals surface area contributed by atoms with Crippen molar-refractivity contribution in [2.24, 2.45) is 0 Å². The molecule has 0 amide bonds. The van der Waals surface area contributed by atoms with Gasteiger partial charge in [-0.15, -0.1) is 0 Å². The molecule has 1 aromatic rings. The smallest absolute Gasteiger partial charge is 0.192 e. The molecule has 0 bridgehead atoms. The van der Waals surface area contributed by atoms with E-state index in [2.05, 4.69) is 4.98 Å². The van der Waals surface area contributed by atoms with E-state index < -0.39 is 9.84 Å². The second kappa shape index (κ2) is 3.23. The number of sulfone groups is 1. The fourth-order valence-corrected chi connectivity index (χ4v) is 1.47. The van der Waals surface area contributed by atoms with Crippen LogP contribution in [0, 0.1) is 0 Å². The largest absolute Gasteiger partial charge is 0.241 e. The maximum atomic E-state index is 11.0. The van der Waals surface area contributed by atoms with Gasteiger partial charge in [0.15, 0.2) is 14.9 Å². The summed E-state index contributed by atoms with van der Waals surface area (Å²) in [7, 11) is -3.15. The third-order valence-corrected chi connectivity index (χ3v) is 2.51. The highest BCUT2D eigenvalue weighted by Gasteiger charge is 2.07. The van der Waals surface area contributed by atoms with Crippen LogP contribution in [0.4, 0.5) is 0 Å². The first-order valence-corrected chi connectivity index (χ1v) is 5.59. The molecule has 0 aliphatic carbocycles. The normalized spacial score (nSPS) is 11.5. The van der Waals surface area contributed by atoms with Gasteiger partial charge in [0.25, 0.3) is 0 Å². The predicted octanol–water partition coefficient (Wildman–Crippen LogP) is 1.05. The quantitative estimate of drug-likeness (QED) is 0.691. The van der Waals surface area contributed by atoms with Gasteiger partial charge < -0.3 is 0 Å². The predicted molar refractivity (Wildman–Crippen MR) is 46.7 cm³/mol. The summed E-state index contributed by atoms with van der Waals surface area (Å²) in [6.07, 6.45) is 1.91. The number of hydrogen-bond acceptors (Lipinski definition) is 3. The Morgan fingerprint density at radius 2 is 2.08 bits per heavy atom. The Bertz CT molecular complexity index is 370. The van der Waals surface area contributed by atoms with Gasteiger partial charge >= 0.3 is 0 Å². The van der Waals surface area contributed by atoms with Crippen molar-refractivity contribution in [3.63, 3.8) is 0 Å². The molecule has 0 unspecified atom stereocenters. The summed E-state index contributed by atoms with van der Waals surface area (Å²) in [6.45, 7) is 1.94. The van der Waals surface area contributed by atoms with Gasteiger partial charge in [0.05, 0.1) is 0 Å².